The predicted molar refractivity (Wildman–Crippen MR) is 84.9 cm³/mol. The summed E-state index contributed by atoms with van der Waals surface area (Å²) >= 11 is 0. The molecule has 0 aliphatic heterocycles. The summed E-state index contributed by atoms with van der Waals surface area (Å²) in [5.41, 5.74) is 1.36. The quantitative estimate of drug-likeness (QED) is 0.751. The van der Waals surface area contributed by atoms with Crippen molar-refractivity contribution in [3.63, 3.8) is 0 Å². The third kappa shape index (κ3) is 3.44. The van der Waals surface area contributed by atoms with E-state index in [4.69, 9.17) is 9.84 Å². The van der Waals surface area contributed by atoms with Crippen LogP contribution in [0.1, 0.15) is 0 Å². The summed E-state index contributed by atoms with van der Waals surface area (Å²) in [5, 5.41) is 18.9. The average molecular weight is 309 g/mol. The van der Waals surface area contributed by atoms with E-state index >= 15 is 0 Å². The van der Waals surface area contributed by atoms with Gasteiger partial charge in [-0.1, -0.05) is 30.3 Å². The van der Waals surface area contributed by atoms with E-state index in [2.05, 4.69) is 15.0 Å². The molecule has 0 amide bonds. The SMILES string of the molecule is OCCOc1ccc(-c2ncnc(-c3ccccc3)n2)c(O)c1. The van der Waals surface area contributed by atoms with E-state index in [1.165, 1.54) is 12.4 Å². The van der Waals surface area contributed by atoms with Gasteiger partial charge in [-0.05, 0) is 12.1 Å². The first-order chi connectivity index (χ1) is 11.3. The number of hydrogen-bond acceptors (Lipinski definition) is 6. The van der Waals surface area contributed by atoms with Gasteiger partial charge in [0.15, 0.2) is 11.6 Å². The number of rotatable bonds is 5. The minimum atomic E-state index is -0.0869. The first-order valence-electron chi connectivity index (χ1n) is 7.09. The molecule has 0 atom stereocenters. The molecule has 6 heteroatoms. The molecule has 0 spiro atoms. The zero-order chi connectivity index (χ0) is 16.1. The van der Waals surface area contributed by atoms with Crippen molar-refractivity contribution in [2.45, 2.75) is 0 Å². The highest BCUT2D eigenvalue weighted by atomic mass is 16.5. The largest absolute Gasteiger partial charge is 0.507 e. The Morgan fingerprint density at radius 3 is 2.48 bits per heavy atom. The Kier molecular flexibility index (Phi) is 4.44. The summed E-state index contributed by atoms with van der Waals surface area (Å²) in [6.45, 7) is 0.0825. The monoisotopic (exact) mass is 309 g/mol. The van der Waals surface area contributed by atoms with E-state index in [0.29, 0.717) is 23.0 Å². The van der Waals surface area contributed by atoms with Crippen molar-refractivity contribution in [1.29, 1.82) is 0 Å². The Morgan fingerprint density at radius 1 is 0.957 bits per heavy atom. The molecule has 3 aromatic rings. The van der Waals surface area contributed by atoms with Gasteiger partial charge in [0, 0.05) is 11.6 Å². The molecule has 2 N–H and O–H groups in total. The molecule has 6 nitrogen and oxygen atoms in total. The van der Waals surface area contributed by atoms with E-state index in [0.717, 1.165) is 5.56 Å². The fraction of sp³-hybridized carbons (Fsp3) is 0.118. The Morgan fingerprint density at radius 2 is 1.74 bits per heavy atom. The van der Waals surface area contributed by atoms with Gasteiger partial charge in [0.25, 0.3) is 0 Å². The molecule has 0 saturated heterocycles. The minimum absolute atomic E-state index is 0.00523. The number of aromatic nitrogens is 3. The van der Waals surface area contributed by atoms with Crippen LogP contribution >= 0.6 is 0 Å². The maximum Gasteiger partial charge on any atom is 0.167 e. The molecule has 23 heavy (non-hydrogen) atoms. The van der Waals surface area contributed by atoms with Crippen LogP contribution in [0.2, 0.25) is 0 Å². The number of nitrogens with zero attached hydrogens (tertiary/aromatic N) is 3. The number of ether oxygens (including phenoxy) is 1. The molecule has 0 radical (unpaired) electrons. The van der Waals surface area contributed by atoms with Crippen LogP contribution in [0, 0.1) is 0 Å². The zero-order valence-corrected chi connectivity index (χ0v) is 12.3. The first kappa shape index (κ1) is 14.9. The van der Waals surface area contributed by atoms with Crippen LogP contribution in [0.5, 0.6) is 11.5 Å². The molecule has 0 aliphatic rings. The predicted octanol–water partition coefficient (Wildman–Crippen LogP) is 2.28. The van der Waals surface area contributed by atoms with Crippen molar-refractivity contribution in [2.75, 3.05) is 13.2 Å². The van der Waals surface area contributed by atoms with Crippen molar-refractivity contribution in [3.8, 4) is 34.3 Å². The Hall–Kier alpha value is -2.99. The smallest absolute Gasteiger partial charge is 0.167 e. The standard InChI is InChI=1S/C17H15N3O3/c21-8-9-23-13-6-7-14(15(22)10-13)17-19-11-18-16(20-17)12-4-2-1-3-5-12/h1-7,10-11,21-22H,8-9H2. The molecule has 3 rings (SSSR count). The van der Waals surface area contributed by atoms with Crippen LogP contribution in [-0.2, 0) is 0 Å². The molecule has 116 valence electrons. The molecular weight excluding hydrogens is 294 g/mol. The van der Waals surface area contributed by atoms with Crippen LogP contribution in [0.4, 0.5) is 0 Å². The lowest BCUT2D eigenvalue weighted by Gasteiger charge is -2.08. The molecule has 0 unspecified atom stereocenters. The van der Waals surface area contributed by atoms with Gasteiger partial charge in [0.05, 0.1) is 12.2 Å². The van der Waals surface area contributed by atoms with E-state index in [9.17, 15) is 5.11 Å². The third-order valence-electron chi connectivity index (χ3n) is 3.17. The van der Waals surface area contributed by atoms with Gasteiger partial charge < -0.3 is 14.9 Å². The van der Waals surface area contributed by atoms with E-state index < -0.39 is 0 Å². The molecule has 1 heterocycles. The topological polar surface area (TPSA) is 88.4 Å². The second-order valence-corrected chi connectivity index (χ2v) is 4.75. The maximum absolute atomic E-state index is 10.2. The van der Waals surface area contributed by atoms with Gasteiger partial charge in [-0.15, -0.1) is 0 Å². The lowest BCUT2D eigenvalue weighted by Crippen LogP contribution is -2.01. The Labute approximate surface area is 133 Å². The highest BCUT2D eigenvalue weighted by Crippen LogP contribution is 2.30. The van der Waals surface area contributed by atoms with Crippen LogP contribution in [0.25, 0.3) is 22.8 Å². The highest BCUT2D eigenvalue weighted by Gasteiger charge is 2.11. The van der Waals surface area contributed by atoms with Crippen LogP contribution in [-0.4, -0.2) is 38.4 Å². The Bertz CT molecular complexity index is 794. The van der Waals surface area contributed by atoms with Gasteiger partial charge in [0.1, 0.15) is 24.4 Å². The van der Waals surface area contributed by atoms with Gasteiger partial charge in [-0.25, -0.2) is 15.0 Å². The fourth-order valence-electron chi connectivity index (χ4n) is 2.11. The molecule has 0 fully saturated rings. The van der Waals surface area contributed by atoms with E-state index in [-0.39, 0.29) is 19.0 Å². The number of aromatic hydroxyl groups is 1. The van der Waals surface area contributed by atoms with Crippen molar-refractivity contribution in [1.82, 2.24) is 15.0 Å². The number of benzene rings is 2. The normalized spacial score (nSPS) is 10.5. The second kappa shape index (κ2) is 6.85. The summed E-state index contributed by atoms with van der Waals surface area (Å²) in [6, 6.07) is 14.4. The summed E-state index contributed by atoms with van der Waals surface area (Å²) in [7, 11) is 0. The highest BCUT2D eigenvalue weighted by molar-refractivity contribution is 5.67. The van der Waals surface area contributed by atoms with Crippen molar-refractivity contribution >= 4 is 0 Å². The average Bonchev–Trinajstić information content (AvgIpc) is 2.61. The minimum Gasteiger partial charge on any atom is -0.507 e. The molecule has 0 saturated carbocycles. The Balaban J connectivity index is 1.93. The molecule has 0 bridgehead atoms. The number of phenolic OH excluding ortho intramolecular Hbond substituents is 1. The molecule has 0 aliphatic carbocycles. The number of aliphatic hydroxyl groups excluding tert-OH is 1. The van der Waals surface area contributed by atoms with Gasteiger partial charge in [0.2, 0.25) is 0 Å². The van der Waals surface area contributed by atoms with Crippen molar-refractivity contribution in [2.24, 2.45) is 0 Å². The number of hydrogen-bond donors (Lipinski definition) is 2. The van der Waals surface area contributed by atoms with E-state index in [1.54, 1.807) is 12.1 Å². The maximum atomic E-state index is 10.2. The summed E-state index contributed by atoms with van der Waals surface area (Å²) in [6.07, 6.45) is 1.42. The molecular formula is C17H15N3O3. The summed E-state index contributed by atoms with van der Waals surface area (Å²) < 4.78 is 5.26. The van der Waals surface area contributed by atoms with E-state index in [1.807, 2.05) is 30.3 Å². The van der Waals surface area contributed by atoms with Gasteiger partial charge >= 0.3 is 0 Å². The first-order valence-corrected chi connectivity index (χ1v) is 7.09. The summed E-state index contributed by atoms with van der Waals surface area (Å²) in [5.74, 6) is 1.39. The molecule has 2 aromatic carbocycles. The van der Waals surface area contributed by atoms with Crippen LogP contribution < -0.4 is 4.74 Å². The number of aliphatic hydroxyl groups is 1. The summed E-state index contributed by atoms with van der Waals surface area (Å²) in [4.78, 5) is 12.7. The third-order valence-corrected chi connectivity index (χ3v) is 3.17. The van der Waals surface area contributed by atoms with Crippen LogP contribution in [0.15, 0.2) is 54.9 Å². The molecule has 1 aromatic heterocycles. The van der Waals surface area contributed by atoms with Crippen molar-refractivity contribution < 1.29 is 14.9 Å². The fourth-order valence-corrected chi connectivity index (χ4v) is 2.11. The van der Waals surface area contributed by atoms with Gasteiger partial charge in [-0.2, -0.15) is 0 Å². The number of phenols is 1. The van der Waals surface area contributed by atoms with Gasteiger partial charge in [-0.3, -0.25) is 0 Å². The zero-order valence-electron chi connectivity index (χ0n) is 12.3. The second-order valence-electron chi connectivity index (χ2n) is 4.75. The lowest BCUT2D eigenvalue weighted by molar-refractivity contribution is 0.201. The lowest BCUT2D eigenvalue weighted by atomic mass is 10.1. The van der Waals surface area contributed by atoms with Crippen molar-refractivity contribution in [3.05, 3.63) is 54.9 Å². The van der Waals surface area contributed by atoms with Crippen LogP contribution in [0.3, 0.4) is 0 Å².